The molecule has 1 aromatic heterocycles. The van der Waals surface area contributed by atoms with Crippen LogP contribution in [0.1, 0.15) is 36.1 Å². The Labute approximate surface area is 105 Å². The molecule has 1 unspecified atom stereocenters. The maximum Gasteiger partial charge on any atom is 0.149 e. The van der Waals surface area contributed by atoms with Crippen LogP contribution in [0.15, 0.2) is 24.3 Å². The van der Waals surface area contributed by atoms with Crippen molar-refractivity contribution in [2.45, 2.75) is 31.8 Å². The summed E-state index contributed by atoms with van der Waals surface area (Å²) in [6.07, 6.45) is 2.61. The molecule has 94 valence electrons. The first kappa shape index (κ1) is 11.2. The van der Waals surface area contributed by atoms with Crippen LogP contribution in [0.3, 0.4) is 0 Å². The molecule has 3 N–H and O–H groups in total. The summed E-state index contributed by atoms with van der Waals surface area (Å²) >= 11 is 0. The van der Waals surface area contributed by atoms with Crippen LogP contribution in [-0.4, -0.2) is 19.9 Å². The van der Waals surface area contributed by atoms with Gasteiger partial charge in [0.05, 0.1) is 6.04 Å². The van der Waals surface area contributed by atoms with Crippen LogP contribution in [0.5, 0.6) is 5.75 Å². The summed E-state index contributed by atoms with van der Waals surface area (Å²) in [5.74, 6) is 2.04. The smallest absolute Gasteiger partial charge is 0.149 e. The molecule has 0 radical (unpaired) electrons. The Kier molecular flexibility index (Phi) is 2.76. The maximum atomic E-state index is 9.78. The van der Waals surface area contributed by atoms with Crippen molar-refractivity contribution < 1.29 is 5.11 Å². The Balaban J connectivity index is 1.92. The highest BCUT2D eigenvalue weighted by atomic mass is 16.3. The van der Waals surface area contributed by atoms with Crippen molar-refractivity contribution in [1.29, 1.82) is 0 Å². The lowest BCUT2D eigenvalue weighted by Gasteiger charge is -2.20. The van der Waals surface area contributed by atoms with Crippen LogP contribution >= 0.6 is 0 Å². The first-order valence-electron chi connectivity index (χ1n) is 6.20. The number of aromatic hydroxyl groups is 1. The van der Waals surface area contributed by atoms with E-state index in [0.29, 0.717) is 12.2 Å². The first-order chi connectivity index (χ1) is 8.75. The molecule has 0 saturated carbocycles. The molecule has 1 aliphatic rings. The normalized spacial score (nSPS) is 18.6. The maximum absolute atomic E-state index is 9.78. The van der Waals surface area contributed by atoms with Crippen molar-refractivity contribution in [1.82, 2.24) is 14.8 Å². The number of hydrogen-bond acceptors (Lipinski definition) is 4. The van der Waals surface area contributed by atoms with Gasteiger partial charge in [-0.15, -0.1) is 10.2 Å². The Morgan fingerprint density at radius 2 is 2.17 bits per heavy atom. The van der Waals surface area contributed by atoms with E-state index in [1.807, 2.05) is 18.2 Å². The third kappa shape index (κ3) is 1.86. The molecular formula is C13H16N4O. The molecule has 1 aliphatic heterocycles. The highest BCUT2D eigenvalue weighted by Crippen LogP contribution is 2.24. The quantitative estimate of drug-likeness (QED) is 0.836. The number of hydrogen-bond donors (Lipinski definition) is 2. The Morgan fingerprint density at radius 3 is 3.00 bits per heavy atom. The lowest BCUT2D eigenvalue weighted by Crippen LogP contribution is -2.23. The zero-order chi connectivity index (χ0) is 12.5. The van der Waals surface area contributed by atoms with Crippen molar-refractivity contribution in [2.24, 2.45) is 5.73 Å². The number of para-hydroxylation sites is 1. The number of rotatable bonds is 2. The fourth-order valence-electron chi connectivity index (χ4n) is 2.43. The van der Waals surface area contributed by atoms with Gasteiger partial charge in [0.1, 0.15) is 17.4 Å². The van der Waals surface area contributed by atoms with E-state index >= 15 is 0 Å². The van der Waals surface area contributed by atoms with Gasteiger partial charge in [0.2, 0.25) is 0 Å². The molecular weight excluding hydrogens is 228 g/mol. The van der Waals surface area contributed by atoms with Crippen LogP contribution < -0.4 is 5.73 Å². The van der Waals surface area contributed by atoms with Crippen LogP contribution in [-0.2, 0) is 13.0 Å². The van der Waals surface area contributed by atoms with Crippen LogP contribution in [0.4, 0.5) is 0 Å². The summed E-state index contributed by atoms with van der Waals surface area (Å²) < 4.78 is 2.08. The molecule has 0 spiro atoms. The molecule has 3 rings (SSSR count). The van der Waals surface area contributed by atoms with E-state index in [4.69, 9.17) is 5.73 Å². The lowest BCUT2D eigenvalue weighted by atomic mass is 10.1. The van der Waals surface area contributed by atoms with Gasteiger partial charge in [-0.3, -0.25) is 0 Å². The molecule has 0 aliphatic carbocycles. The van der Waals surface area contributed by atoms with E-state index in [1.54, 1.807) is 6.07 Å². The van der Waals surface area contributed by atoms with E-state index in [2.05, 4.69) is 14.8 Å². The topological polar surface area (TPSA) is 77.0 Å². The summed E-state index contributed by atoms with van der Waals surface area (Å²) in [6, 6.07) is 7.31. The van der Waals surface area contributed by atoms with Crippen molar-refractivity contribution in [3.8, 4) is 5.75 Å². The molecule has 2 heterocycles. The summed E-state index contributed by atoms with van der Waals surface area (Å²) in [5, 5.41) is 18.2. The largest absolute Gasteiger partial charge is 0.508 e. The van der Waals surface area contributed by atoms with Gasteiger partial charge in [-0.05, 0) is 18.9 Å². The average molecular weight is 244 g/mol. The Hall–Kier alpha value is -1.88. The van der Waals surface area contributed by atoms with Crippen molar-refractivity contribution in [3.63, 3.8) is 0 Å². The highest BCUT2D eigenvalue weighted by molar-refractivity contribution is 5.34. The summed E-state index contributed by atoms with van der Waals surface area (Å²) in [7, 11) is 0. The number of aromatic nitrogens is 3. The van der Waals surface area contributed by atoms with Gasteiger partial charge < -0.3 is 15.4 Å². The molecule has 5 heteroatoms. The first-order valence-corrected chi connectivity index (χ1v) is 6.20. The highest BCUT2D eigenvalue weighted by Gasteiger charge is 2.22. The van der Waals surface area contributed by atoms with Crippen molar-refractivity contribution in [2.75, 3.05) is 0 Å². The minimum Gasteiger partial charge on any atom is -0.508 e. The minimum absolute atomic E-state index is 0.00984. The fourth-order valence-corrected chi connectivity index (χ4v) is 2.43. The molecule has 2 aromatic rings. The second kappa shape index (κ2) is 4.42. The van der Waals surface area contributed by atoms with Crippen LogP contribution in [0.25, 0.3) is 0 Å². The zero-order valence-electron chi connectivity index (χ0n) is 10.1. The SMILES string of the molecule is NC1CCCn2c(Cc3ccccc3O)nnc21. The van der Waals surface area contributed by atoms with E-state index in [0.717, 1.165) is 36.6 Å². The second-order valence-corrected chi connectivity index (χ2v) is 4.68. The molecule has 1 atom stereocenters. The molecule has 0 saturated heterocycles. The predicted molar refractivity (Wildman–Crippen MR) is 67.1 cm³/mol. The predicted octanol–water partition coefficient (Wildman–Crippen LogP) is 1.37. The van der Waals surface area contributed by atoms with Gasteiger partial charge in [-0.1, -0.05) is 18.2 Å². The number of benzene rings is 1. The average Bonchev–Trinajstić information content (AvgIpc) is 2.77. The molecule has 0 amide bonds. The van der Waals surface area contributed by atoms with Crippen LogP contribution in [0, 0.1) is 0 Å². The molecule has 18 heavy (non-hydrogen) atoms. The third-order valence-corrected chi connectivity index (χ3v) is 3.42. The standard InChI is InChI=1S/C13H16N4O/c14-10-5-3-7-17-12(15-16-13(10)17)8-9-4-1-2-6-11(9)18/h1-2,4,6,10,18H,3,5,7-8,14H2. The monoisotopic (exact) mass is 244 g/mol. The summed E-state index contributed by atoms with van der Waals surface area (Å²) in [6.45, 7) is 0.916. The molecule has 1 aromatic carbocycles. The second-order valence-electron chi connectivity index (χ2n) is 4.68. The number of nitrogens with zero attached hydrogens (tertiary/aromatic N) is 3. The van der Waals surface area contributed by atoms with Crippen molar-refractivity contribution in [3.05, 3.63) is 41.5 Å². The number of phenols is 1. The minimum atomic E-state index is -0.00984. The zero-order valence-corrected chi connectivity index (χ0v) is 10.1. The van der Waals surface area contributed by atoms with Gasteiger partial charge in [0.15, 0.2) is 0 Å². The van der Waals surface area contributed by atoms with Crippen molar-refractivity contribution >= 4 is 0 Å². The summed E-state index contributed by atoms with van der Waals surface area (Å²) in [4.78, 5) is 0. The van der Waals surface area contributed by atoms with E-state index < -0.39 is 0 Å². The number of fused-ring (bicyclic) bond motifs is 1. The van der Waals surface area contributed by atoms with E-state index in [9.17, 15) is 5.11 Å². The molecule has 5 nitrogen and oxygen atoms in total. The Bertz CT molecular complexity index is 564. The van der Waals surface area contributed by atoms with Gasteiger partial charge >= 0.3 is 0 Å². The van der Waals surface area contributed by atoms with Crippen LogP contribution in [0.2, 0.25) is 0 Å². The van der Waals surface area contributed by atoms with Gasteiger partial charge in [-0.2, -0.15) is 0 Å². The summed E-state index contributed by atoms with van der Waals surface area (Å²) in [5.41, 5.74) is 6.88. The van der Waals surface area contributed by atoms with E-state index in [1.165, 1.54) is 0 Å². The number of phenolic OH excluding ortho intramolecular Hbond substituents is 1. The Morgan fingerprint density at radius 1 is 1.33 bits per heavy atom. The lowest BCUT2D eigenvalue weighted by molar-refractivity contribution is 0.442. The molecule has 0 bridgehead atoms. The van der Waals surface area contributed by atoms with Gasteiger partial charge in [0.25, 0.3) is 0 Å². The van der Waals surface area contributed by atoms with Gasteiger partial charge in [0, 0.05) is 18.5 Å². The fraction of sp³-hybridized carbons (Fsp3) is 0.385. The van der Waals surface area contributed by atoms with E-state index in [-0.39, 0.29) is 6.04 Å². The van der Waals surface area contributed by atoms with Gasteiger partial charge in [-0.25, -0.2) is 0 Å². The number of nitrogens with two attached hydrogens (primary N) is 1. The molecule has 0 fully saturated rings. The third-order valence-electron chi connectivity index (χ3n) is 3.42.